The van der Waals surface area contributed by atoms with Crippen LogP contribution < -0.4 is 10.5 Å². The first kappa shape index (κ1) is 12.7. The van der Waals surface area contributed by atoms with E-state index in [0.29, 0.717) is 5.56 Å². The Hall–Kier alpha value is -1.40. The summed E-state index contributed by atoms with van der Waals surface area (Å²) in [5, 5.41) is 7.31. The highest BCUT2D eigenvalue weighted by Gasteiger charge is 2.08. The summed E-state index contributed by atoms with van der Waals surface area (Å²) in [5.41, 5.74) is 1.38. The number of carbonyl (C=O) groups excluding carboxylic acids is 1. The minimum atomic E-state index is -3.53. The van der Waals surface area contributed by atoms with Gasteiger partial charge in [-0.3, -0.25) is 4.79 Å². The SMILES string of the molecule is Cc1ccccc1C(=O)NCCS(N)(=O)=O. The zero-order valence-corrected chi connectivity index (χ0v) is 9.75. The third-order valence-electron chi connectivity index (χ3n) is 2.06. The number of primary sulfonamides is 1. The Morgan fingerprint density at radius 1 is 1.38 bits per heavy atom. The van der Waals surface area contributed by atoms with Gasteiger partial charge in [-0.25, -0.2) is 13.6 Å². The van der Waals surface area contributed by atoms with E-state index in [4.69, 9.17) is 5.14 Å². The van der Waals surface area contributed by atoms with E-state index in [1.54, 1.807) is 12.1 Å². The van der Waals surface area contributed by atoms with E-state index in [9.17, 15) is 13.2 Å². The number of amides is 1. The van der Waals surface area contributed by atoms with E-state index in [1.807, 2.05) is 19.1 Å². The van der Waals surface area contributed by atoms with Crippen LogP contribution >= 0.6 is 0 Å². The van der Waals surface area contributed by atoms with Crippen LogP contribution in [0, 0.1) is 6.92 Å². The van der Waals surface area contributed by atoms with Crippen LogP contribution in [0.15, 0.2) is 24.3 Å². The van der Waals surface area contributed by atoms with Crippen LogP contribution in [0.25, 0.3) is 0 Å². The van der Waals surface area contributed by atoms with Gasteiger partial charge in [0.15, 0.2) is 0 Å². The van der Waals surface area contributed by atoms with E-state index in [2.05, 4.69) is 5.32 Å². The van der Waals surface area contributed by atoms with Crippen molar-refractivity contribution in [3.05, 3.63) is 35.4 Å². The van der Waals surface area contributed by atoms with Gasteiger partial charge in [-0.2, -0.15) is 0 Å². The molecule has 0 bridgehead atoms. The van der Waals surface area contributed by atoms with Gasteiger partial charge < -0.3 is 5.32 Å². The van der Waals surface area contributed by atoms with Crippen LogP contribution in [-0.2, 0) is 10.0 Å². The van der Waals surface area contributed by atoms with Gasteiger partial charge in [0.2, 0.25) is 10.0 Å². The monoisotopic (exact) mass is 242 g/mol. The second kappa shape index (κ2) is 5.09. The number of hydrogen-bond acceptors (Lipinski definition) is 3. The average Bonchev–Trinajstić information content (AvgIpc) is 2.16. The summed E-state index contributed by atoms with van der Waals surface area (Å²) in [4.78, 5) is 11.6. The first-order chi connectivity index (χ1) is 7.40. The van der Waals surface area contributed by atoms with Crippen molar-refractivity contribution in [3.8, 4) is 0 Å². The molecular formula is C10H14N2O3S. The lowest BCUT2D eigenvalue weighted by Crippen LogP contribution is -2.31. The van der Waals surface area contributed by atoms with Crippen molar-refractivity contribution in [1.29, 1.82) is 0 Å². The number of benzene rings is 1. The van der Waals surface area contributed by atoms with E-state index in [1.165, 1.54) is 0 Å². The molecule has 0 aromatic heterocycles. The van der Waals surface area contributed by atoms with Crippen LogP contribution in [0.5, 0.6) is 0 Å². The van der Waals surface area contributed by atoms with Crippen molar-refractivity contribution in [2.45, 2.75) is 6.92 Å². The molecule has 0 saturated heterocycles. The number of aryl methyl sites for hydroxylation is 1. The minimum Gasteiger partial charge on any atom is -0.351 e. The molecule has 0 fully saturated rings. The van der Waals surface area contributed by atoms with Crippen molar-refractivity contribution in [3.63, 3.8) is 0 Å². The molecule has 16 heavy (non-hydrogen) atoms. The van der Waals surface area contributed by atoms with Crippen molar-refractivity contribution in [2.75, 3.05) is 12.3 Å². The molecule has 0 radical (unpaired) electrons. The lowest BCUT2D eigenvalue weighted by atomic mass is 10.1. The zero-order chi connectivity index (χ0) is 12.2. The number of hydrogen-bond donors (Lipinski definition) is 2. The molecule has 0 aliphatic carbocycles. The summed E-state index contributed by atoms with van der Waals surface area (Å²) in [6.07, 6.45) is 0. The van der Waals surface area contributed by atoms with Gasteiger partial charge >= 0.3 is 0 Å². The third-order valence-corrected chi connectivity index (χ3v) is 2.83. The molecule has 0 aliphatic rings. The molecule has 5 nitrogen and oxygen atoms in total. The normalized spacial score (nSPS) is 11.1. The molecule has 88 valence electrons. The second-order valence-electron chi connectivity index (χ2n) is 3.44. The van der Waals surface area contributed by atoms with Crippen LogP contribution in [0.1, 0.15) is 15.9 Å². The lowest BCUT2D eigenvalue weighted by molar-refractivity contribution is 0.0955. The van der Waals surface area contributed by atoms with E-state index >= 15 is 0 Å². The minimum absolute atomic E-state index is 0.0198. The summed E-state index contributed by atoms with van der Waals surface area (Å²) in [6, 6.07) is 7.08. The van der Waals surface area contributed by atoms with Gasteiger partial charge in [0.1, 0.15) is 0 Å². The highest BCUT2D eigenvalue weighted by molar-refractivity contribution is 7.89. The maximum Gasteiger partial charge on any atom is 0.251 e. The Bertz CT molecular complexity index is 483. The van der Waals surface area contributed by atoms with Gasteiger partial charge in [-0.05, 0) is 18.6 Å². The number of nitrogens with one attached hydrogen (secondary N) is 1. The van der Waals surface area contributed by atoms with Gasteiger partial charge in [0.05, 0.1) is 5.75 Å². The lowest BCUT2D eigenvalue weighted by Gasteiger charge is -2.06. The maximum atomic E-state index is 11.6. The predicted molar refractivity (Wildman–Crippen MR) is 61.5 cm³/mol. The Kier molecular flexibility index (Phi) is 4.03. The number of carbonyl (C=O) groups is 1. The molecule has 1 aromatic rings. The molecule has 0 saturated carbocycles. The smallest absolute Gasteiger partial charge is 0.251 e. The summed E-state index contributed by atoms with van der Waals surface area (Å²) < 4.78 is 21.3. The highest BCUT2D eigenvalue weighted by atomic mass is 32.2. The molecule has 0 spiro atoms. The fraction of sp³-hybridized carbons (Fsp3) is 0.300. The van der Waals surface area contributed by atoms with Crippen molar-refractivity contribution >= 4 is 15.9 Å². The number of sulfonamides is 1. The van der Waals surface area contributed by atoms with E-state index < -0.39 is 10.0 Å². The quantitative estimate of drug-likeness (QED) is 0.779. The summed E-state index contributed by atoms with van der Waals surface area (Å²) >= 11 is 0. The van der Waals surface area contributed by atoms with Crippen LogP contribution in [0.3, 0.4) is 0 Å². The molecule has 0 heterocycles. The first-order valence-electron chi connectivity index (χ1n) is 4.74. The predicted octanol–water partition coefficient (Wildman–Crippen LogP) is 0.0133. The molecule has 1 rings (SSSR count). The van der Waals surface area contributed by atoms with Crippen LogP contribution in [-0.4, -0.2) is 26.6 Å². The standard InChI is InChI=1S/C10H14N2O3S/c1-8-4-2-3-5-9(8)10(13)12-6-7-16(11,14)15/h2-5H,6-7H2,1H3,(H,12,13)(H2,11,14,15). The van der Waals surface area contributed by atoms with Crippen LogP contribution in [0.2, 0.25) is 0 Å². The Labute approximate surface area is 94.7 Å². The zero-order valence-electron chi connectivity index (χ0n) is 8.93. The molecule has 0 aliphatic heterocycles. The highest BCUT2D eigenvalue weighted by Crippen LogP contribution is 2.05. The molecule has 0 unspecified atom stereocenters. The largest absolute Gasteiger partial charge is 0.351 e. The fourth-order valence-electron chi connectivity index (χ4n) is 1.23. The maximum absolute atomic E-state index is 11.6. The van der Waals surface area contributed by atoms with Gasteiger partial charge in [0, 0.05) is 12.1 Å². The second-order valence-corrected chi connectivity index (χ2v) is 5.17. The van der Waals surface area contributed by atoms with Gasteiger partial charge in [0.25, 0.3) is 5.91 Å². The van der Waals surface area contributed by atoms with Gasteiger partial charge in [-0.1, -0.05) is 18.2 Å². The van der Waals surface area contributed by atoms with Crippen LogP contribution in [0.4, 0.5) is 0 Å². The van der Waals surface area contributed by atoms with E-state index in [0.717, 1.165) is 5.56 Å². The van der Waals surface area contributed by atoms with E-state index in [-0.39, 0.29) is 18.2 Å². The van der Waals surface area contributed by atoms with Crippen molar-refractivity contribution in [2.24, 2.45) is 5.14 Å². The molecule has 1 aromatic carbocycles. The topological polar surface area (TPSA) is 89.3 Å². The number of rotatable bonds is 4. The Morgan fingerprint density at radius 2 is 2.00 bits per heavy atom. The summed E-state index contributed by atoms with van der Waals surface area (Å²) in [5.74, 6) is -0.549. The molecule has 3 N–H and O–H groups in total. The average molecular weight is 242 g/mol. The molecule has 1 amide bonds. The fourth-order valence-corrected chi connectivity index (χ4v) is 1.62. The molecule has 6 heteroatoms. The Balaban J connectivity index is 2.57. The number of nitrogens with two attached hydrogens (primary N) is 1. The first-order valence-corrected chi connectivity index (χ1v) is 6.46. The Morgan fingerprint density at radius 3 is 2.56 bits per heavy atom. The summed E-state index contributed by atoms with van der Waals surface area (Å²) in [7, 11) is -3.53. The van der Waals surface area contributed by atoms with Crippen molar-refractivity contribution < 1.29 is 13.2 Å². The molecular weight excluding hydrogens is 228 g/mol. The van der Waals surface area contributed by atoms with Crippen molar-refractivity contribution in [1.82, 2.24) is 5.32 Å². The molecule has 0 atom stereocenters. The van der Waals surface area contributed by atoms with Gasteiger partial charge in [-0.15, -0.1) is 0 Å². The summed E-state index contributed by atoms with van der Waals surface area (Å²) in [6.45, 7) is 1.83. The third kappa shape index (κ3) is 4.00.